The van der Waals surface area contributed by atoms with Crippen LogP contribution in [0.15, 0.2) is 42.5 Å². The number of amides is 1. The van der Waals surface area contributed by atoms with Crippen molar-refractivity contribution in [1.29, 1.82) is 0 Å². The van der Waals surface area contributed by atoms with Crippen LogP contribution >= 0.6 is 0 Å². The minimum absolute atomic E-state index is 0.121. The van der Waals surface area contributed by atoms with Gasteiger partial charge in [0.1, 0.15) is 0 Å². The molecular weight excluding hydrogens is 410 g/mol. The Morgan fingerprint density at radius 1 is 0.938 bits per heavy atom. The van der Waals surface area contributed by atoms with Crippen LogP contribution in [0.5, 0.6) is 0 Å². The topological polar surface area (TPSA) is 90.0 Å². The lowest BCUT2D eigenvalue weighted by Gasteiger charge is -2.30. The number of carbonyl (C=O) groups is 4. The number of hydrogen-bond acceptors (Lipinski definition) is 6. The predicted molar refractivity (Wildman–Crippen MR) is 117 cm³/mol. The van der Waals surface area contributed by atoms with Crippen LogP contribution < -0.4 is 0 Å². The number of hydrogen-bond donors (Lipinski definition) is 0. The minimum atomic E-state index is -0.725. The van der Waals surface area contributed by atoms with E-state index in [-0.39, 0.29) is 34.7 Å². The van der Waals surface area contributed by atoms with E-state index in [0.29, 0.717) is 31.5 Å². The first kappa shape index (κ1) is 23.2. The Balaban J connectivity index is 1.65. The monoisotopic (exact) mass is 437 g/mol. The molecule has 1 heterocycles. The molecule has 32 heavy (non-hydrogen) atoms. The fourth-order valence-corrected chi connectivity index (χ4v) is 3.81. The van der Waals surface area contributed by atoms with E-state index in [1.54, 1.807) is 29.2 Å². The van der Waals surface area contributed by atoms with Crippen molar-refractivity contribution in [2.45, 2.75) is 26.7 Å². The summed E-state index contributed by atoms with van der Waals surface area (Å²) in [6.07, 6.45) is 1.03. The summed E-state index contributed by atoms with van der Waals surface area (Å²) in [5, 5.41) is 0. The van der Waals surface area contributed by atoms with Crippen LogP contribution in [0, 0.1) is 19.8 Å². The van der Waals surface area contributed by atoms with Gasteiger partial charge in [-0.05, 0) is 44.4 Å². The predicted octanol–water partition coefficient (Wildman–Crippen LogP) is 3.10. The van der Waals surface area contributed by atoms with Gasteiger partial charge in [-0.3, -0.25) is 14.4 Å². The molecule has 0 atom stereocenters. The molecule has 0 spiro atoms. The number of esters is 2. The van der Waals surface area contributed by atoms with Gasteiger partial charge in [0.15, 0.2) is 12.4 Å². The fraction of sp³-hybridized carbons (Fsp3) is 0.360. The molecule has 0 aliphatic carbocycles. The molecule has 0 radical (unpaired) electrons. The van der Waals surface area contributed by atoms with Gasteiger partial charge in [0, 0.05) is 24.2 Å². The number of likely N-dealkylation sites (tertiary alicyclic amines) is 1. The molecule has 3 rings (SSSR count). The molecule has 1 fully saturated rings. The molecule has 168 valence electrons. The minimum Gasteiger partial charge on any atom is -0.469 e. The summed E-state index contributed by atoms with van der Waals surface area (Å²) in [6, 6.07) is 12.0. The Morgan fingerprint density at radius 2 is 1.59 bits per heavy atom. The van der Waals surface area contributed by atoms with Crippen LogP contribution in [0.1, 0.15) is 50.2 Å². The van der Waals surface area contributed by atoms with Gasteiger partial charge in [0.05, 0.1) is 18.6 Å². The summed E-state index contributed by atoms with van der Waals surface area (Å²) in [6.45, 7) is 4.12. The van der Waals surface area contributed by atoms with E-state index in [1.165, 1.54) is 13.2 Å². The molecule has 1 aliphatic rings. The van der Waals surface area contributed by atoms with Crippen molar-refractivity contribution in [3.8, 4) is 0 Å². The highest BCUT2D eigenvalue weighted by Gasteiger charge is 2.28. The van der Waals surface area contributed by atoms with Crippen molar-refractivity contribution in [1.82, 2.24) is 4.90 Å². The molecule has 2 aromatic rings. The fourth-order valence-electron chi connectivity index (χ4n) is 3.81. The molecule has 1 saturated heterocycles. The van der Waals surface area contributed by atoms with Crippen molar-refractivity contribution < 1.29 is 28.7 Å². The molecule has 0 aromatic heterocycles. The molecule has 1 aliphatic heterocycles. The van der Waals surface area contributed by atoms with E-state index in [0.717, 1.165) is 11.1 Å². The zero-order valence-electron chi connectivity index (χ0n) is 18.6. The van der Waals surface area contributed by atoms with E-state index in [2.05, 4.69) is 0 Å². The summed E-state index contributed by atoms with van der Waals surface area (Å²) >= 11 is 0. The highest BCUT2D eigenvalue weighted by Crippen LogP contribution is 2.21. The third kappa shape index (κ3) is 5.22. The molecule has 0 saturated carbocycles. The molecular formula is C25H27NO6. The van der Waals surface area contributed by atoms with Crippen molar-refractivity contribution >= 4 is 23.6 Å². The molecule has 0 unspecified atom stereocenters. The van der Waals surface area contributed by atoms with Gasteiger partial charge < -0.3 is 14.4 Å². The van der Waals surface area contributed by atoms with Gasteiger partial charge in [-0.2, -0.15) is 0 Å². The first-order valence-corrected chi connectivity index (χ1v) is 10.6. The molecule has 0 bridgehead atoms. The summed E-state index contributed by atoms with van der Waals surface area (Å²) in [5.74, 6) is -1.81. The van der Waals surface area contributed by atoms with Crippen LogP contribution in [0.3, 0.4) is 0 Å². The zero-order chi connectivity index (χ0) is 23.3. The Bertz CT molecular complexity index is 1040. The van der Waals surface area contributed by atoms with E-state index < -0.39 is 12.6 Å². The normalized spacial score (nSPS) is 14.0. The van der Waals surface area contributed by atoms with Gasteiger partial charge in [-0.15, -0.1) is 0 Å². The van der Waals surface area contributed by atoms with Crippen LogP contribution in [-0.4, -0.2) is 55.3 Å². The van der Waals surface area contributed by atoms with E-state index in [4.69, 9.17) is 9.47 Å². The maximum atomic E-state index is 13.1. The van der Waals surface area contributed by atoms with Gasteiger partial charge >= 0.3 is 11.9 Å². The first-order valence-electron chi connectivity index (χ1n) is 10.6. The second-order valence-electron chi connectivity index (χ2n) is 7.95. The maximum Gasteiger partial charge on any atom is 0.339 e. The Labute approximate surface area is 187 Å². The Hall–Kier alpha value is -3.48. The lowest BCUT2D eigenvalue weighted by atomic mass is 9.94. The van der Waals surface area contributed by atoms with Crippen LogP contribution in [0.25, 0.3) is 0 Å². The molecule has 2 aromatic carbocycles. The maximum absolute atomic E-state index is 13.1. The van der Waals surface area contributed by atoms with E-state index in [1.807, 2.05) is 26.0 Å². The van der Waals surface area contributed by atoms with Crippen LogP contribution in [0.2, 0.25) is 0 Å². The summed E-state index contributed by atoms with van der Waals surface area (Å²) in [4.78, 5) is 51.5. The third-order valence-corrected chi connectivity index (χ3v) is 5.74. The number of carbonyl (C=O) groups excluding carboxylic acids is 4. The quantitative estimate of drug-likeness (QED) is 0.510. The second kappa shape index (κ2) is 10.2. The molecule has 7 heteroatoms. The highest BCUT2D eigenvalue weighted by molar-refractivity contribution is 6.15. The van der Waals surface area contributed by atoms with E-state index >= 15 is 0 Å². The number of aryl methyl sites for hydroxylation is 2. The first-order chi connectivity index (χ1) is 15.3. The number of rotatable bonds is 6. The van der Waals surface area contributed by atoms with Gasteiger partial charge in [0.2, 0.25) is 0 Å². The Kier molecular flexibility index (Phi) is 7.41. The number of benzene rings is 2. The zero-order valence-corrected chi connectivity index (χ0v) is 18.6. The van der Waals surface area contributed by atoms with Crippen molar-refractivity contribution in [2.75, 3.05) is 26.8 Å². The molecule has 1 amide bonds. The summed E-state index contributed by atoms with van der Waals surface area (Å²) in [7, 11) is 1.35. The van der Waals surface area contributed by atoms with Crippen molar-refractivity contribution in [3.63, 3.8) is 0 Å². The Morgan fingerprint density at radius 3 is 2.25 bits per heavy atom. The van der Waals surface area contributed by atoms with Gasteiger partial charge in [-0.1, -0.05) is 35.9 Å². The summed E-state index contributed by atoms with van der Waals surface area (Å²) < 4.78 is 10.00. The van der Waals surface area contributed by atoms with Crippen molar-refractivity contribution in [3.05, 3.63) is 70.3 Å². The van der Waals surface area contributed by atoms with Gasteiger partial charge in [0.25, 0.3) is 5.91 Å². The van der Waals surface area contributed by atoms with Crippen molar-refractivity contribution in [2.24, 2.45) is 5.92 Å². The third-order valence-electron chi connectivity index (χ3n) is 5.74. The number of methoxy groups -OCH3 is 1. The number of piperidine rings is 1. The second-order valence-corrected chi connectivity index (χ2v) is 7.95. The smallest absolute Gasteiger partial charge is 0.339 e. The summed E-state index contributed by atoms with van der Waals surface area (Å²) in [5.41, 5.74) is 2.64. The number of ether oxygens (including phenoxy) is 2. The number of ketones is 1. The molecule has 0 N–H and O–H groups in total. The average Bonchev–Trinajstić information content (AvgIpc) is 2.82. The average molecular weight is 437 g/mol. The van der Waals surface area contributed by atoms with Crippen LogP contribution in [-0.2, 0) is 19.1 Å². The SMILES string of the molecule is COC(=O)C1CCN(C(=O)COC(=O)c2ccccc2C(=O)c2cc(C)ccc2C)CC1. The van der Waals surface area contributed by atoms with Gasteiger partial charge in [-0.25, -0.2) is 4.79 Å². The van der Waals surface area contributed by atoms with E-state index in [9.17, 15) is 19.2 Å². The lowest BCUT2D eigenvalue weighted by molar-refractivity contribution is -0.149. The number of nitrogens with zero attached hydrogens (tertiary/aromatic N) is 1. The highest BCUT2D eigenvalue weighted by atomic mass is 16.5. The molecule has 7 nitrogen and oxygen atoms in total. The van der Waals surface area contributed by atoms with Crippen LogP contribution in [0.4, 0.5) is 0 Å². The largest absolute Gasteiger partial charge is 0.469 e. The lowest BCUT2D eigenvalue weighted by Crippen LogP contribution is -2.42. The standard InChI is InChI=1S/C25H27NO6/c1-16-8-9-17(2)21(14-16)23(28)19-6-4-5-7-20(19)25(30)32-15-22(27)26-12-10-18(11-13-26)24(29)31-3/h4-9,14,18H,10-13,15H2,1-3H3.